The van der Waals surface area contributed by atoms with Crippen LogP contribution in [0.1, 0.15) is 64.2 Å². The molecule has 1 radical (unpaired) electrons. The summed E-state index contributed by atoms with van der Waals surface area (Å²) in [7, 11) is 0. The third-order valence-electron chi connectivity index (χ3n) is 3.84. The SMILES string of the molecule is C1CC[CH]([In][CH]2CCCCC2)CC1. The van der Waals surface area contributed by atoms with E-state index >= 15 is 0 Å². The second-order valence-corrected chi connectivity index (χ2v) is 11.5. The van der Waals surface area contributed by atoms with E-state index in [1.54, 1.807) is 64.2 Å². The quantitative estimate of drug-likeness (QED) is 0.711. The summed E-state index contributed by atoms with van der Waals surface area (Å²) < 4.78 is 2.62. The van der Waals surface area contributed by atoms with Crippen LogP contribution >= 0.6 is 0 Å². The summed E-state index contributed by atoms with van der Waals surface area (Å²) in [5.41, 5.74) is 0. The van der Waals surface area contributed by atoms with E-state index in [0.717, 1.165) is 0 Å². The number of hydrogen-bond donors (Lipinski definition) is 0. The maximum absolute atomic E-state index is 1.64. The molecule has 2 aliphatic carbocycles. The van der Waals surface area contributed by atoms with Gasteiger partial charge in [-0.25, -0.2) is 0 Å². The molecular weight excluding hydrogens is 259 g/mol. The molecule has 0 heterocycles. The molecule has 0 amide bonds. The second-order valence-electron chi connectivity index (χ2n) is 4.99. The summed E-state index contributed by atoms with van der Waals surface area (Å²) >= 11 is -0.145. The maximum atomic E-state index is 1.64. The van der Waals surface area contributed by atoms with E-state index < -0.39 is 0 Å². The van der Waals surface area contributed by atoms with Gasteiger partial charge in [-0.1, -0.05) is 0 Å². The first-order valence-electron chi connectivity index (χ1n) is 6.30. The summed E-state index contributed by atoms with van der Waals surface area (Å²) in [5.74, 6) is 0. The van der Waals surface area contributed by atoms with E-state index in [1.165, 1.54) is 7.35 Å². The fraction of sp³-hybridized carbons (Fsp3) is 1.00. The molecule has 0 bridgehead atoms. The zero-order valence-electron chi connectivity index (χ0n) is 8.80. The van der Waals surface area contributed by atoms with Crippen LogP contribution in [0.4, 0.5) is 0 Å². The van der Waals surface area contributed by atoms with Crippen molar-refractivity contribution in [3.05, 3.63) is 0 Å². The van der Waals surface area contributed by atoms with Gasteiger partial charge in [-0.05, 0) is 0 Å². The van der Waals surface area contributed by atoms with E-state index in [4.69, 9.17) is 0 Å². The van der Waals surface area contributed by atoms with Crippen LogP contribution in [0.15, 0.2) is 0 Å². The molecule has 1 heteroatoms. The summed E-state index contributed by atoms with van der Waals surface area (Å²) in [6, 6.07) is 0. The Labute approximate surface area is 94.2 Å². The van der Waals surface area contributed by atoms with E-state index in [0.29, 0.717) is 0 Å². The van der Waals surface area contributed by atoms with Crippen molar-refractivity contribution < 1.29 is 0 Å². The van der Waals surface area contributed by atoms with Crippen molar-refractivity contribution in [2.75, 3.05) is 0 Å². The Bertz CT molecular complexity index is 116. The van der Waals surface area contributed by atoms with Gasteiger partial charge in [0.2, 0.25) is 0 Å². The van der Waals surface area contributed by atoms with Crippen molar-refractivity contribution in [3.63, 3.8) is 0 Å². The molecular formula is C12H22In. The molecule has 0 aromatic rings. The van der Waals surface area contributed by atoms with Gasteiger partial charge in [-0.3, -0.25) is 0 Å². The molecule has 2 aliphatic rings. The van der Waals surface area contributed by atoms with Crippen LogP contribution in [0.25, 0.3) is 0 Å². The Morgan fingerprint density at radius 3 is 1.31 bits per heavy atom. The molecule has 0 N–H and O–H groups in total. The van der Waals surface area contributed by atoms with Crippen molar-refractivity contribution in [2.45, 2.75) is 71.6 Å². The molecule has 0 aromatic carbocycles. The van der Waals surface area contributed by atoms with Gasteiger partial charge >= 0.3 is 94.5 Å². The first kappa shape index (κ1) is 10.4. The van der Waals surface area contributed by atoms with Crippen molar-refractivity contribution >= 4 is 22.9 Å². The van der Waals surface area contributed by atoms with E-state index in [2.05, 4.69) is 0 Å². The van der Waals surface area contributed by atoms with Crippen LogP contribution in [0, 0.1) is 0 Å². The van der Waals surface area contributed by atoms with Gasteiger partial charge in [0.15, 0.2) is 0 Å². The van der Waals surface area contributed by atoms with Crippen molar-refractivity contribution in [1.29, 1.82) is 0 Å². The van der Waals surface area contributed by atoms with E-state index in [9.17, 15) is 0 Å². The first-order valence-corrected chi connectivity index (χ1v) is 10.1. The summed E-state index contributed by atoms with van der Waals surface area (Å²) in [6.45, 7) is 0. The number of hydrogen-bond acceptors (Lipinski definition) is 0. The fourth-order valence-electron chi connectivity index (χ4n) is 3.04. The second kappa shape index (κ2) is 5.68. The van der Waals surface area contributed by atoms with E-state index in [1.807, 2.05) is 0 Å². The average molecular weight is 281 g/mol. The molecule has 0 atom stereocenters. The van der Waals surface area contributed by atoms with Crippen LogP contribution in [0.3, 0.4) is 0 Å². The van der Waals surface area contributed by atoms with E-state index in [-0.39, 0.29) is 22.9 Å². The third-order valence-corrected chi connectivity index (χ3v) is 10.8. The van der Waals surface area contributed by atoms with Gasteiger partial charge < -0.3 is 0 Å². The predicted octanol–water partition coefficient (Wildman–Crippen LogP) is 4.20. The first-order chi connectivity index (χ1) is 6.45. The molecule has 0 unspecified atom stereocenters. The zero-order valence-corrected chi connectivity index (χ0v) is 12.1. The summed E-state index contributed by atoms with van der Waals surface area (Å²) in [6.07, 6.45) is 15.9. The van der Waals surface area contributed by atoms with Gasteiger partial charge in [0.25, 0.3) is 0 Å². The Morgan fingerprint density at radius 1 is 0.538 bits per heavy atom. The van der Waals surface area contributed by atoms with Crippen LogP contribution in [-0.2, 0) is 0 Å². The van der Waals surface area contributed by atoms with Crippen LogP contribution in [0.2, 0.25) is 7.35 Å². The van der Waals surface area contributed by atoms with Gasteiger partial charge in [0.05, 0.1) is 0 Å². The average Bonchev–Trinajstić information content (AvgIpc) is 2.21. The minimum atomic E-state index is -0.145. The third kappa shape index (κ3) is 3.49. The Kier molecular flexibility index (Phi) is 4.54. The topological polar surface area (TPSA) is 0 Å². The summed E-state index contributed by atoms with van der Waals surface area (Å²) in [4.78, 5) is 0. The van der Waals surface area contributed by atoms with Crippen molar-refractivity contribution in [1.82, 2.24) is 0 Å². The molecule has 2 rings (SSSR count). The van der Waals surface area contributed by atoms with Crippen LogP contribution in [-0.4, -0.2) is 22.9 Å². The molecule has 0 spiro atoms. The van der Waals surface area contributed by atoms with Gasteiger partial charge in [-0.15, -0.1) is 0 Å². The predicted molar refractivity (Wildman–Crippen MR) is 59.4 cm³/mol. The normalized spacial score (nSPS) is 27.4. The number of rotatable bonds is 2. The van der Waals surface area contributed by atoms with Gasteiger partial charge in [0.1, 0.15) is 0 Å². The molecule has 2 fully saturated rings. The molecule has 0 aromatic heterocycles. The Hall–Kier alpha value is 0.870. The van der Waals surface area contributed by atoms with Gasteiger partial charge in [0, 0.05) is 0 Å². The van der Waals surface area contributed by atoms with Crippen LogP contribution in [0.5, 0.6) is 0 Å². The van der Waals surface area contributed by atoms with Crippen LogP contribution < -0.4 is 0 Å². The molecule has 2 saturated carbocycles. The molecule has 0 aliphatic heterocycles. The summed E-state index contributed by atoms with van der Waals surface area (Å²) in [5, 5.41) is 0. The fourth-order valence-corrected chi connectivity index (χ4v) is 10.1. The Morgan fingerprint density at radius 2 is 0.923 bits per heavy atom. The molecule has 0 nitrogen and oxygen atoms in total. The van der Waals surface area contributed by atoms with Crippen molar-refractivity contribution in [2.24, 2.45) is 0 Å². The van der Waals surface area contributed by atoms with Gasteiger partial charge in [-0.2, -0.15) is 0 Å². The molecule has 0 saturated heterocycles. The Balaban J connectivity index is 1.69. The monoisotopic (exact) mass is 281 g/mol. The zero-order chi connectivity index (χ0) is 8.93. The standard InChI is InChI=1S/2C6H11.In/c2*1-2-4-6-5-3-1;/h2*1H,2-6H2;. The minimum absolute atomic E-state index is 0.145. The van der Waals surface area contributed by atoms with Crippen molar-refractivity contribution in [3.8, 4) is 0 Å². The molecule has 73 valence electrons. The molecule has 13 heavy (non-hydrogen) atoms.